The highest BCUT2D eigenvalue weighted by Gasteiger charge is 2.29. The zero-order valence-corrected chi connectivity index (χ0v) is 10.3. The lowest BCUT2D eigenvalue weighted by Crippen LogP contribution is -2.46. The highest BCUT2D eigenvalue weighted by Crippen LogP contribution is 2.21. The molecule has 1 fully saturated rings. The van der Waals surface area contributed by atoms with Crippen molar-refractivity contribution in [2.45, 2.75) is 58.5 Å². The molecular formula is C12H26N2. The minimum Gasteiger partial charge on any atom is -0.313 e. The molecule has 1 atom stereocenters. The van der Waals surface area contributed by atoms with Crippen molar-refractivity contribution in [1.29, 1.82) is 0 Å². The third-order valence-corrected chi connectivity index (χ3v) is 3.36. The first-order valence-corrected chi connectivity index (χ1v) is 6.04. The smallest absolute Gasteiger partial charge is 0.0166 e. The number of unbranched alkanes of at least 4 members (excludes halogenated alkanes) is 1. The van der Waals surface area contributed by atoms with Crippen LogP contribution < -0.4 is 5.32 Å². The largest absolute Gasteiger partial charge is 0.313 e. The van der Waals surface area contributed by atoms with Gasteiger partial charge in [0.2, 0.25) is 0 Å². The average molecular weight is 198 g/mol. The van der Waals surface area contributed by atoms with E-state index in [9.17, 15) is 0 Å². The molecule has 1 saturated heterocycles. The van der Waals surface area contributed by atoms with Crippen molar-refractivity contribution in [3.05, 3.63) is 0 Å². The Morgan fingerprint density at radius 2 is 2.14 bits per heavy atom. The molecule has 0 aromatic heterocycles. The SMILES string of the molecule is CCCCN1CC(C)NCCC1(C)C. The summed E-state index contributed by atoms with van der Waals surface area (Å²) in [6, 6.07) is 0.647. The molecule has 1 aliphatic heterocycles. The van der Waals surface area contributed by atoms with Crippen LogP contribution in [0.15, 0.2) is 0 Å². The first kappa shape index (κ1) is 12.0. The summed E-state index contributed by atoms with van der Waals surface area (Å²) in [4.78, 5) is 2.65. The van der Waals surface area contributed by atoms with Crippen molar-refractivity contribution in [1.82, 2.24) is 10.2 Å². The summed E-state index contributed by atoms with van der Waals surface area (Å²) in [6.45, 7) is 12.9. The zero-order chi connectivity index (χ0) is 10.6. The van der Waals surface area contributed by atoms with Crippen LogP contribution in [0.4, 0.5) is 0 Å². The van der Waals surface area contributed by atoms with Crippen molar-refractivity contribution < 1.29 is 0 Å². The fourth-order valence-corrected chi connectivity index (χ4v) is 2.17. The summed E-state index contributed by atoms with van der Waals surface area (Å²) in [5, 5.41) is 3.56. The van der Waals surface area contributed by atoms with E-state index in [4.69, 9.17) is 0 Å². The lowest BCUT2D eigenvalue weighted by atomic mass is 9.98. The summed E-state index contributed by atoms with van der Waals surface area (Å²) < 4.78 is 0. The summed E-state index contributed by atoms with van der Waals surface area (Å²) in [5.74, 6) is 0. The molecule has 1 N–H and O–H groups in total. The molecule has 1 rings (SSSR count). The van der Waals surface area contributed by atoms with Gasteiger partial charge in [0, 0.05) is 18.1 Å². The van der Waals surface area contributed by atoms with Gasteiger partial charge in [-0.15, -0.1) is 0 Å². The maximum Gasteiger partial charge on any atom is 0.0166 e. The Balaban J connectivity index is 2.54. The Kier molecular flexibility index (Phi) is 4.39. The first-order valence-electron chi connectivity index (χ1n) is 6.04. The molecule has 0 aromatic rings. The summed E-state index contributed by atoms with van der Waals surface area (Å²) in [5.41, 5.74) is 0.382. The van der Waals surface area contributed by atoms with Crippen molar-refractivity contribution in [2.75, 3.05) is 19.6 Å². The number of nitrogens with one attached hydrogen (secondary N) is 1. The van der Waals surface area contributed by atoms with Gasteiger partial charge >= 0.3 is 0 Å². The van der Waals surface area contributed by atoms with E-state index in [2.05, 4.69) is 37.9 Å². The standard InChI is InChI=1S/C12H26N2/c1-5-6-9-14-10-11(2)13-8-7-12(14,3)4/h11,13H,5-10H2,1-4H3. The third-order valence-electron chi connectivity index (χ3n) is 3.36. The molecule has 1 heterocycles. The van der Waals surface area contributed by atoms with Crippen LogP contribution in [-0.2, 0) is 0 Å². The monoisotopic (exact) mass is 198 g/mol. The van der Waals surface area contributed by atoms with Gasteiger partial charge in [0.1, 0.15) is 0 Å². The Morgan fingerprint density at radius 3 is 2.79 bits per heavy atom. The number of hydrogen-bond donors (Lipinski definition) is 1. The molecule has 0 spiro atoms. The highest BCUT2D eigenvalue weighted by atomic mass is 15.2. The van der Waals surface area contributed by atoms with Gasteiger partial charge in [-0.05, 0) is 46.7 Å². The minimum absolute atomic E-state index is 0.382. The topological polar surface area (TPSA) is 15.3 Å². The Bertz CT molecular complexity index is 166. The van der Waals surface area contributed by atoms with E-state index in [0.29, 0.717) is 11.6 Å². The van der Waals surface area contributed by atoms with Crippen molar-refractivity contribution in [3.8, 4) is 0 Å². The molecule has 0 amide bonds. The quantitative estimate of drug-likeness (QED) is 0.748. The van der Waals surface area contributed by atoms with Crippen LogP contribution in [-0.4, -0.2) is 36.1 Å². The lowest BCUT2D eigenvalue weighted by molar-refractivity contribution is 0.119. The van der Waals surface area contributed by atoms with Gasteiger partial charge in [-0.2, -0.15) is 0 Å². The maximum absolute atomic E-state index is 3.56. The van der Waals surface area contributed by atoms with E-state index in [0.717, 1.165) is 6.54 Å². The minimum atomic E-state index is 0.382. The summed E-state index contributed by atoms with van der Waals surface area (Å²) in [7, 11) is 0. The van der Waals surface area contributed by atoms with Gasteiger partial charge in [-0.25, -0.2) is 0 Å². The molecule has 1 aliphatic rings. The van der Waals surface area contributed by atoms with Crippen LogP contribution in [0, 0.1) is 0 Å². The van der Waals surface area contributed by atoms with Crippen LogP contribution >= 0.6 is 0 Å². The van der Waals surface area contributed by atoms with E-state index >= 15 is 0 Å². The van der Waals surface area contributed by atoms with E-state index in [1.165, 1.54) is 32.4 Å². The second-order valence-corrected chi connectivity index (χ2v) is 5.22. The van der Waals surface area contributed by atoms with Gasteiger partial charge in [0.05, 0.1) is 0 Å². The fourth-order valence-electron chi connectivity index (χ4n) is 2.17. The predicted octanol–water partition coefficient (Wildman–Crippen LogP) is 2.25. The van der Waals surface area contributed by atoms with Gasteiger partial charge in [0.15, 0.2) is 0 Å². The zero-order valence-electron chi connectivity index (χ0n) is 10.3. The van der Waals surface area contributed by atoms with Crippen LogP contribution in [0.1, 0.15) is 47.0 Å². The molecule has 84 valence electrons. The second kappa shape index (κ2) is 5.13. The number of hydrogen-bond acceptors (Lipinski definition) is 2. The van der Waals surface area contributed by atoms with Crippen molar-refractivity contribution >= 4 is 0 Å². The van der Waals surface area contributed by atoms with Gasteiger partial charge < -0.3 is 5.32 Å². The van der Waals surface area contributed by atoms with Gasteiger partial charge in [-0.3, -0.25) is 4.90 Å². The van der Waals surface area contributed by atoms with Crippen LogP contribution in [0.2, 0.25) is 0 Å². The molecular weight excluding hydrogens is 172 g/mol. The first-order chi connectivity index (χ1) is 6.56. The Morgan fingerprint density at radius 1 is 1.43 bits per heavy atom. The lowest BCUT2D eigenvalue weighted by Gasteiger charge is -2.37. The molecule has 0 saturated carbocycles. The normalized spacial score (nSPS) is 28.7. The second-order valence-electron chi connectivity index (χ2n) is 5.22. The van der Waals surface area contributed by atoms with Crippen molar-refractivity contribution in [3.63, 3.8) is 0 Å². The number of nitrogens with zero attached hydrogens (tertiary/aromatic N) is 1. The molecule has 2 nitrogen and oxygen atoms in total. The summed E-state index contributed by atoms with van der Waals surface area (Å²) in [6.07, 6.45) is 3.89. The molecule has 0 aliphatic carbocycles. The van der Waals surface area contributed by atoms with E-state index in [1.807, 2.05) is 0 Å². The number of rotatable bonds is 3. The van der Waals surface area contributed by atoms with Crippen molar-refractivity contribution in [2.24, 2.45) is 0 Å². The van der Waals surface area contributed by atoms with Crippen LogP contribution in [0.3, 0.4) is 0 Å². The third kappa shape index (κ3) is 3.25. The van der Waals surface area contributed by atoms with E-state index in [1.54, 1.807) is 0 Å². The molecule has 0 aromatic carbocycles. The van der Waals surface area contributed by atoms with E-state index in [-0.39, 0.29) is 0 Å². The van der Waals surface area contributed by atoms with Crippen LogP contribution in [0.25, 0.3) is 0 Å². The Labute approximate surface area is 89.1 Å². The van der Waals surface area contributed by atoms with Crippen LogP contribution in [0.5, 0.6) is 0 Å². The van der Waals surface area contributed by atoms with Gasteiger partial charge in [0.25, 0.3) is 0 Å². The molecule has 1 unspecified atom stereocenters. The Hall–Kier alpha value is -0.0800. The molecule has 0 radical (unpaired) electrons. The highest BCUT2D eigenvalue weighted by molar-refractivity contribution is 4.87. The average Bonchev–Trinajstić information content (AvgIpc) is 2.22. The summed E-state index contributed by atoms with van der Waals surface area (Å²) >= 11 is 0. The predicted molar refractivity (Wildman–Crippen MR) is 62.6 cm³/mol. The maximum atomic E-state index is 3.56. The molecule has 0 bridgehead atoms. The molecule has 14 heavy (non-hydrogen) atoms. The van der Waals surface area contributed by atoms with E-state index < -0.39 is 0 Å². The fraction of sp³-hybridized carbons (Fsp3) is 1.00. The molecule has 2 heteroatoms. The van der Waals surface area contributed by atoms with Gasteiger partial charge in [-0.1, -0.05) is 13.3 Å².